The van der Waals surface area contributed by atoms with Crippen molar-refractivity contribution in [1.29, 1.82) is 5.26 Å². The van der Waals surface area contributed by atoms with Gasteiger partial charge in [-0.2, -0.15) is 5.26 Å². The molecule has 0 saturated heterocycles. The molecule has 0 aliphatic carbocycles. The average molecular weight is 449 g/mol. The number of carboxylic acid groups (broad SMARTS) is 1. The third-order valence-electron chi connectivity index (χ3n) is 4.71. The molecule has 0 atom stereocenters. The number of anilines is 2. The zero-order valence-corrected chi connectivity index (χ0v) is 18.4. The molecule has 0 aliphatic rings. The minimum Gasteiger partial charge on any atom is -0.481 e. The highest BCUT2D eigenvalue weighted by atomic mass is 19.1. The minimum absolute atomic E-state index is 0.0314. The molecule has 0 radical (unpaired) electrons. The number of carbonyl (C=O) groups is 1. The third kappa shape index (κ3) is 9.85. The van der Waals surface area contributed by atoms with Crippen LogP contribution in [0.5, 0.6) is 0 Å². The summed E-state index contributed by atoms with van der Waals surface area (Å²) in [6.07, 6.45) is 1.64. The van der Waals surface area contributed by atoms with Crippen LogP contribution in [0, 0.1) is 17.1 Å². The highest BCUT2D eigenvalue weighted by Gasteiger charge is 2.07. The van der Waals surface area contributed by atoms with Crippen molar-refractivity contribution in [3.05, 3.63) is 95.3 Å². The molecule has 0 spiro atoms. The van der Waals surface area contributed by atoms with Crippen molar-refractivity contribution in [1.82, 2.24) is 5.32 Å². The lowest BCUT2D eigenvalue weighted by molar-refractivity contribution is -0.136. The van der Waals surface area contributed by atoms with Gasteiger partial charge in [0.25, 0.3) is 0 Å². The summed E-state index contributed by atoms with van der Waals surface area (Å²) in [4.78, 5) is 10.8. The Bertz CT molecular complexity index is 1030. The van der Waals surface area contributed by atoms with Crippen molar-refractivity contribution in [2.24, 2.45) is 0 Å². The Morgan fingerprint density at radius 3 is 2.27 bits per heavy atom. The Balaban J connectivity index is 0.000000554. The van der Waals surface area contributed by atoms with E-state index in [4.69, 9.17) is 16.1 Å². The molecule has 0 bridgehead atoms. The highest BCUT2D eigenvalue weighted by Crippen LogP contribution is 2.23. The van der Waals surface area contributed by atoms with E-state index >= 15 is 0 Å². The third-order valence-corrected chi connectivity index (χ3v) is 4.71. The van der Waals surface area contributed by atoms with Crippen LogP contribution in [0.2, 0.25) is 0 Å². The summed E-state index contributed by atoms with van der Waals surface area (Å²) in [5, 5.41) is 24.1. The van der Waals surface area contributed by atoms with E-state index in [-0.39, 0.29) is 17.7 Å². The normalized spacial score (nSPS) is 9.94. The lowest BCUT2D eigenvalue weighted by Gasteiger charge is -2.11. The molecule has 3 aromatic rings. The summed E-state index contributed by atoms with van der Waals surface area (Å²) >= 11 is 0. The number of rotatable bonds is 10. The molecule has 0 saturated carbocycles. The van der Waals surface area contributed by atoms with Crippen LogP contribution in [-0.4, -0.2) is 30.7 Å². The van der Waals surface area contributed by atoms with E-state index in [1.54, 1.807) is 0 Å². The number of nitrogens with one attached hydrogen (secondary N) is 2. The Hall–Kier alpha value is -3.89. The van der Waals surface area contributed by atoms with Gasteiger partial charge in [-0.1, -0.05) is 60.7 Å². The topological polar surface area (TPSA) is 111 Å². The van der Waals surface area contributed by atoms with Crippen LogP contribution < -0.4 is 16.4 Å². The van der Waals surface area contributed by atoms with Crippen LogP contribution in [0.15, 0.2) is 72.8 Å². The van der Waals surface area contributed by atoms with Crippen molar-refractivity contribution in [3.8, 4) is 6.07 Å². The number of nitrogens with zero attached hydrogens (tertiary/aromatic N) is 1. The Morgan fingerprint density at radius 1 is 0.970 bits per heavy atom. The maximum atomic E-state index is 13.4. The zero-order chi connectivity index (χ0) is 23.9. The van der Waals surface area contributed by atoms with Gasteiger partial charge in [0.05, 0.1) is 23.4 Å². The summed E-state index contributed by atoms with van der Waals surface area (Å²) < 4.78 is 13.4. The van der Waals surface area contributed by atoms with E-state index in [1.165, 1.54) is 6.07 Å². The SMILES string of the molecule is N#Cc1cc(F)cc(NCCCNCCc2cccc(CC(=O)O)c2)c1N.c1ccccc1. The van der Waals surface area contributed by atoms with Gasteiger partial charge in [0.2, 0.25) is 0 Å². The summed E-state index contributed by atoms with van der Waals surface area (Å²) in [6.45, 7) is 2.14. The van der Waals surface area contributed by atoms with Gasteiger partial charge in [-0.15, -0.1) is 0 Å². The van der Waals surface area contributed by atoms with E-state index < -0.39 is 11.8 Å². The molecule has 3 aromatic carbocycles. The molecule has 7 heteroatoms. The number of hydrogen-bond acceptors (Lipinski definition) is 5. The van der Waals surface area contributed by atoms with E-state index in [9.17, 15) is 9.18 Å². The molecule has 0 aliphatic heterocycles. The second-order valence-corrected chi connectivity index (χ2v) is 7.35. The van der Waals surface area contributed by atoms with Gasteiger partial charge in [-0.3, -0.25) is 4.79 Å². The molecule has 0 amide bonds. The van der Waals surface area contributed by atoms with Crippen LogP contribution in [0.1, 0.15) is 23.1 Å². The Kier molecular flexibility index (Phi) is 10.9. The van der Waals surface area contributed by atoms with E-state index in [0.29, 0.717) is 12.2 Å². The van der Waals surface area contributed by atoms with Crippen LogP contribution in [0.3, 0.4) is 0 Å². The van der Waals surface area contributed by atoms with Crippen molar-refractivity contribution < 1.29 is 14.3 Å². The van der Waals surface area contributed by atoms with E-state index in [2.05, 4.69) is 10.6 Å². The highest BCUT2D eigenvalue weighted by molar-refractivity contribution is 5.73. The average Bonchev–Trinajstić information content (AvgIpc) is 2.81. The van der Waals surface area contributed by atoms with Gasteiger partial charge >= 0.3 is 5.97 Å². The number of carboxylic acids is 1. The number of nitrogens with two attached hydrogens (primary N) is 1. The summed E-state index contributed by atoms with van der Waals surface area (Å²) in [5.74, 6) is -1.33. The fraction of sp³-hybridized carbons (Fsp3) is 0.231. The predicted octanol–water partition coefficient (Wildman–Crippen LogP) is 4.23. The lowest BCUT2D eigenvalue weighted by Crippen LogP contribution is -2.21. The molecule has 0 fully saturated rings. The number of halogens is 1. The van der Waals surface area contributed by atoms with Gasteiger partial charge in [0.1, 0.15) is 11.9 Å². The van der Waals surface area contributed by atoms with Crippen LogP contribution in [-0.2, 0) is 17.6 Å². The van der Waals surface area contributed by atoms with Gasteiger partial charge in [0.15, 0.2) is 0 Å². The fourth-order valence-corrected chi connectivity index (χ4v) is 3.11. The number of benzene rings is 3. The summed E-state index contributed by atoms with van der Waals surface area (Å²) in [6, 6.07) is 23.9. The van der Waals surface area contributed by atoms with E-state index in [1.807, 2.05) is 66.7 Å². The Labute approximate surface area is 193 Å². The van der Waals surface area contributed by atoms with Crippen molar-refractivity contribution in [2.75, 3.05) is 30.7 Å². The molecule has 0 heterocycles. The predicted molar refractivity (Wildman–Crippen MR) is 129 cm³/mol. The standard InChI is InChI=1S/C20H23FN4O2.C6H6/c21-17-11-16(13-22)20(23)18(12-17)25-7-2-6-24-8-5-14-3-1-4-15(9-14)10-19(26)27;1-2-4-6-5-3-1/h1,3-4,9,11-12,24-25H,2,5-8,10,23H2,(H,26,27);1-6H. The summed E-state index contributed by atoms with van der Waals surface area (Å²) in [7, 11) is 0. The Morgan fingerprint density at radius 2 is 1.64 bits per heavy atom. The fourth-order valence-electron chi connectivity index (χ4n) is 3.11. The molecular formula is C26H29FN4O2. The first-order chi connectivity index (χ1) is 16.0. The number of hydrogen-bond donors (Lipinski definition) is 4. The number of nitrogen functional groups attached to an aromatic ring is 1. The molecule has 172 valence electrons. The molecule has 3 rings (SSSR count). The van der Waals surface area contributed by atoms with Crippen molar-refractivity contribution >= 4 is 17.3 Å². The van der Waals surface area contributed by atoms with Gasteiger partial charge in [-0.05, 0) is 49.2 Å². The van der Waals surface area contributed by atoms with Crippen LogP contribution >= 0.6 is 0 Å². The second kappa shape index (κ2) is 14.2. The molecule has 33 heavy (non-hydrogen) atoms. The first-order valence-electron chi connectivity index (χ1n) is 10.7. The van der Waals surface area contributed by atoms with Crippen LogP contribution in [0.4, 0.5) is 15.8 Å². The molecule has 0 aromatic heterocycles. The van der Waals surface area contributed by atoms with Gasteiger partial charge < -0.3 is 21.5 Å². The largest absolute Gasteiger partial charge is 0.481 e. The molecule has 6 nitrogen and oxygen atoms in total. The van der Waals surface area contributed by atoms with Crippen LogP contribution in [0.25, 0.3) is 0 Å². The van der Waals surface area contributed by atoms with Crippen molar-refractivity contribution in [3.63, 3.8) is 0 Å². The molecule has 5 N–H and O–H groups in total. The van der Waals surface area contributed by atoms with Crippen molar-refractivity contribution in [2.45, 2.75) is 19.3 Å². The van der Waals surface area contributed by atoms with E-state index in [0.717, 1.165) is 43.1 Å². The quantitative estimate of drug-likeness (QED) is 0.273. The summed E-state index contributed by atoms with van der Waals surface area (Å²) in [5.41, 5.74) is 8.54. The first kappa shape index (κ1) is 25.4. The van der Waals surface area contributed by atoms with Gasteiger partial charge in [0, 0.05) is 6.54 Å². The minimum atomic E-state index is -0.835. The smallest absolute Gasteiger partial charge is 0.307 e. The van der Waals surface area contributed by atoms with Gasteiger partial charge in [-0.25, -0.2) is 4.39 Å². The lowest BCUT2D eigenvalue weighted by atomic mass is 10.1. The molecular weight excluding hydrogens is 419 g/mol. The zero-order valence-electron chi connectivity index (χ0n) is 18.4. The number of nitriles is 1. The first-order valence-corrected chi connectivity index (χ1v) is 10.7. The molecule has 0 unspecified atom stereocenters. The maximum absolute atomic E-state index is 13.4. The number of aliphatic carboxylic acids is 1. The maximum Gasteiger partial charge on any atom is 0.307 e. The monoisotopic (exact) mass is 448 g/mol. The second-order valence-electron chi connectivity index (χ2n) is 7.35.